The van der Waals surface area contributed by atoms with Gasteiger partial charge in [-0.05, 0) is 35.4 Å². The summed E-state index contributed by atoms with van der Waals surface area (Å²) >= 11 is 0. The number of hydrogen-bond donors (Lipinski definition) is 2. The van der Waals surface area contributed by atoms with Crippen LogP contribution in [0.2, 0.25) is 0 Å². The predicted octanol–water partition coefficient (Wildman–Crippen LogP) is 2.83. The van der Waals surface area contributed by atoms with E-state index < -0.39 is 29.8 Å². The van der Waals surface area contributed by atoms with Gasteiger partial charge in [0.05, 0.1) is 12.6 Å². The highest BCUT2D eigenvalue weighted by molar-refractivity contribution is 6.01. The fourth-order valence-corrected chi connectivity index (χ4v) is 5.36. The second kappa shape index (κ2) is 7.93. The molecule has 4 atom stereocenters. The molecule has 2 amide bonds. The van der Waals surface area contributed by atoms with Crippen LogP contribution in [-0.4, -0.2) is 52.3 Å². The van der Waals surface area contributed by atoms with Crippen LogP contribution >= 0.6 is 0 Å². The van der Waals surface area contributed by atoms with Crippen molar-refractivity contribution >= 4 is 28.7 Å². The van der Waals surface area contributed by atoms with Crippen molar-refractivity contribution in [3.8, 4) is 0 Å². The highest BCUT2D eigenvalue weighted by Crippen LogP contribution is 2.65. The summed E-state index contributed by atoms with van der Waals surface area (Å²) in [6.45, 7) is 4.55. The monoisotopic (exact) mass is 464 g/mol. The van der Waals surface area contributed by atoms with E-state index in [1.165, 1.54) is 24.3 Å². The molecule has 1 saturated heterocycles. The van der Waals surface area contributed by atoms with Crippen LogP contribution in [0.4, 0.5) is 4.39 Å². The highest BCUT2D eigenvalue weighted by atomic mass is 19.1. The van der Waals surface area contributed by atoms with Crippen molar-refractivity contribution in [1.82, 2.24) is 20.2 Å². The molecular weight excluding hydrogens is 439 g/mol. The highest BCUT2D eigenvalue weighted by Gasteiger charge is 2.69. The van der Waals surface area contributed by atoms with Crippen LogP contribution in [0.15, 0.2) is 48.8 Å². The van der Waals surface area contributed by atoms with E-state index in [0.29, 0.717) is 17.5 Å². The Morgan fingerprint density at radius 2 is 2.06 bits per heavy atom. The average molecular weight is 464 g/mol. The van der Waals surface area contributed by atoms with E-state index in [9.17, 15) is 18.8 Å². The Bertz CT molecular complexity index is 1290. The zero-order chi connectivity index (χ0) is 24.2. The fourth-order valence-electron chi connectivity index (χ4n) is 5.36. The first-order valence-electron chi connectivity index (χ1n) is 11.1. The number of methoxy groups -OCH3 is 1. The first kappa shape index (κ1) is 22.1. The van der Waals surface area contributed by atoms with Crippen molar-refractivity contribution in [2.75, 3.05) is 13.7 Å². The van der Waals surface area contributed by atoms with E-state index in [4.69, 9.17) is 4.74 Å². The summed E-state index contributed by atoms with van der Waals surface area (Å²) in [6.07, 6.45) is 3.06. The van der Waals surface area contributed by atoms with Crippen LogP contribution < -0.4 is 5.32 Å². The van der Waals surface area contributed by atoms with E-state index in [0.717, 1.165) is 0 Å². The number of esters is 1. The van der Waals surface area contributed by atoms with E-state index in [-0.39, 0.29) is 34.4 Å². The fraction of sp³-hybridized carbons (Fsp3) is 0.360. The van der Waals surface area contributed by atoms with Crippen molar-refractivity contribution < 1.29 is 23.5 Å². The van der Waals surface area contributed by atoms with Crippen molar-refractivity contribution in [3.05, 3.63) is 65.9 Å². The second-order valence-electron chi connectivity index (χ2n) is 9.49. The zero-order valence-electron chi connectivity index (χ0n) is 19.0. The SMILES string of the molecule is COC(=O)C(NC(=O)[C@@H]1C2C(CN1C(=O)c1cc3cccc(F)c3[nH]1)C2(C)C)c1cccnc1. The van der Waals surface area contributed by atoms with Crippen LogP contribution in [0.1, 0.15) is 35.9 Å². The van der Waals surface area contributed by atoms with Crippen LogP contribution in [0.5, 0.6) is 0 Å². The van der Waals surface area contributed by atoms with Gasteiger partial charge in [0.2, 0.25) is 5.91 Å². The van der Waals surface area contributed by atoms with Crippen molar-refractivity contribution in [3.63, 3.8) is 0 Å². The first-order valence-corrected chi connectivity index (χ1v) is 11.1. The molecule has 3 heterocycles. The van der Waals surface area contributed by atoms with E-state index >= 15 is 0 Å². The summed E-state index contributed by atoms with van der Waals surface area (Å²) in [7, 11) is 1.25. The van der Waals surface area contributed by atoms with Gasteiger partial charge in [0, 0.05) is 29.9 Å². The number of H-pyrrole nitrogens is 1. The zero-order valence-corrected chi connectivity index (χ0v) is 19.0. The van der Waals surface area contributed by atoms with Gasteiger partial charge in [-0.25, -0.2) is 9.18 Å². The predicted molar refractivity (Wildman–Crippen MR) is 121 cm³/mol. The topological polar surface area (TPSA) is 104 Å². The van der Waals surface area contributed by atoms with E-state index in [1.54, 1.807) is 36.5 Å². The quantitative estimate of drug-likeness (QED) is 0.565. The lowest BCUT2D eigenvalue weighted by Crippen LogP contribution is -2.51. The number of ether oxygens (including phenoxy) is 1. The molecule has 1 saturated carbocycles. The summed E-state index contributed by atoms with van der Waals surface area (Å²) in [5.41, 5.74) is 0.837. The van der Waals surface area contributed by atoms with Crippen LogP contribution in [0.3, 0.4) is 0 Å². The molecule has 8 nitrogen and oxygen atoms in total. The molecule has 1 aliphatic carbocycles. The number of fused-ring (bicyclic) bond motifs is 2. The summed E-state index contributed by atoms with van der Waals surface area (Å²) in [6, 6.07) is 7.73. The van der Waals surface area contributed by atoms with Gasteiger partial charge >= 0.3 is 5.97 Å². The Hall–Kier alpha value is -3.75. The third-order valence-corrected chi connectivity index (χ3v) is 7.31. The number of likely N-dealkylation sites (tertiary alicyclic amines) is 1. The maximum atomic E-state index is 14.2. The number of aromatic amines is 1. The lowest BCUT2D eigenvalue weighted by Gasteiger charge is -2.30. The number of amides is 2. The summed E-state index contributed by atoms with van der Waals surface area (Å²) < 4.78 is 19.1. The largest absolute Gasteiger partial charge is 0.467 e. The van der Waals surface area contributed by atoms with E-state index in [1.807, 2.05) is 0 Å². The van der Waals surface area contributed by atoms with Gasteiger partial charge in [-0.3, -0.25) is 14.6 Å². The van der Waals surface area contributed by atoms with Gasteiger partial charge in [-0.1, -0.05) is 32.0 Å². The molecule has 1 aliphatic heterocycles. The molecule has 2 N–H and O–H groups in total. The molecule has 34 heavy (non-hydrogen) atoms. The number of pyridine rings is 1. The maximum Gasteiger partial charge on any atom is 0.333 e. The van der Waals surface area contributed by atoms with Crippen molar-refractivity contribution in [2.24, 2.45) is 17.3 Å². The van der Waals surface area contributed by atoms with Gasteiger partial charge in [-0.15, -0.1) is 0 Å². The number of nitrogens with zero attached hydrogens (tertiary/aromatic N) is 2. The average Bonchev–Trinajstić information content (AvgIpc) is 3.23. The summed E-state index contributed by atoms with van der Waals surface area (Å²) in [5.74, 6) is -1.79. The molecule has 3 aromatic rings. The normalized spacial score (nSPS) is 23.3. The minimum atomic E-state index is -1.05. The number of hydrogen-bond acceptors (Lipinski definition) is 5. The van der Waals surface area contributed by atoms with Gasteiger partial charge in [0.15, 0.2) is 6.04 Å². The lowest BCUT2D eigenvalue weighted by atomic mass is 9.99. The number of piperidine rings is 1. The number of aromatic nitrogens is 2. The Morgan fingerprint density at radius 3 is 2.74 bits per heavy atom. The first-order chi connectivity index (χ1) is 16.2. The van der Waals surface area contributed by atoms with Gasteiger partial charge in [0.25, 0.3) is 5.91 Å². The molecule has 9 heteroatoms. The number of halogens is 1. The summed E-state index contributed by atoms with van der Waals surface area (Å²) in [4.78, 5) is 47.9. The number of nitrogens with one attached hydrogen (secondary N) is 2. The molecule has 176 valence electrons. The molecule has 3 unspecified atom stereocenters. The second-order valence-corrected chi connectivity index (χ2v) is 9.49. The Morgan fingerprint density at radius 1 is 1.26 bits per heavy atom. The Labute approximate surface area is 195 Å². The van der Waals surface area contributed by atoms with Gasteiger partial charge < -0.3 is 19.9 Å². The van der Waals surface area contributed by atoms with Gasteiger partial charge in [0.1, 0.15) is 17.6 Å². The lowest BCUT2D eigenvalue weighted by molar-refractivity contribution is -0.146. The minimum Gasteiger partial charge on any atom is -0.467 e. The Balaban J connectivity index is 1.45. The number of para-hydroxylation sites is 1. The molecule has 0 spiro atoms. The number of carbonyl (C=O) groups is 3. The molecule has 0 radical (unpaired) electrons. The minimum absolute atomic E-state index is 0.0511. The molecule has 2 aliphatic rings. The van der Waals surface area contributed by atoms with Crippen LogP contribution in [-0.2, 0) is 14.3 Å². The smallest absolute Gasteiger partial charge is 0.333 e. The third kappa shape index (κ3) is 3.43. The molecule has 1 aromatic carbocycles. The number of benzene rings is 1. The van der Waals surface area contributed by atoms with Crippen molar-refractivity contribution in [2.45, 2.75) is 25.9 Å². The van der Waals surface area contributed by atoms with Crippen LogP contribution in [0, 0.1) is 23.1 Å². The molecule has 0 bridgehead atoms. The maximum absolute atomic E-state index is 14.2. The number of rotatable bonds is 5. The molecular formula is C25H25FN4O4. The molecule has 5 rings (SSSR count). The molecule has 2 fully saturated rings. The molecule has 2 aromatic heterocycles. The third-order valence-electron chi connectivity index (χ3n) is 7.31. The van der Waals surface area contributed by atoms with Gasteiger partial charge in [-0.2, -0.15) is 0 Å². The van der Waals surface area contributed by atoms with Crippen molar-refractivity contribution in [1.29, 1.82) is 0 Å². The standard InChI is InChI=1S/C25H25FN4O4/c1-25(2)15-12-30(23(32)17-10-13-6-4-8-16(26)19(13)28-17)21(18(15)25)22(31)29-20(24(33)34-3)14-7-5-9-27-11-14/h4-11,15,18,20-21,28H,12H2,1-3H3,(H,29,31)/t15?,18?,20?,21-/m0/s1. The summed E-state index contributed by atoms with van der Waals surface area (Å²) in [5, 5.41) is 3.36. The number of carbonyl (C=O) groups excluding carboxylic acids is 3. The van der Waals surface area contributed by atoms with Crippen LogP contribution in [0.25, 0.3) is 10.9 Å². The Kier molecular flexibility index (Phi) is 5.15. The van der Waals surface area contributed by atoms with E-state index in [2.05, 4.69) is 29.1 Å².